The first-order chi connectivity index (χ1) is 18.7. The summed E-state index contributed by atoms with van der Waals surface area (Å²) in [5.41, 5.74) is -0.891. The molecular weight excluding hydrogens is 514 g/mol. The Morgan fingerprint density at radius 1 is 1.13 bits per heavy atom. The molecule has 2 N–H and O–H groups in total. The second-order valence-electron chi connectivity index (χ2n) is 8.82. The number of pyridine rings is 2. The molecule has 0 amide bonds. The number of hydrogen-bond acceptors (Lipinski definition) is 7. The minimum atomic E-state index is -4.66. The summed E-state index contributed by atoms with van der Waals surface area (Å²) in [6.45, 7) is 3.96. The van der Waals surface area contributed by atoms with Crippen molar-refractivity contribution >= 4 is 28.4 Å². The second kappa shape index (κ2) is 10.7. The maximum absolute atomic E-state index is 14.9. The third kappa shape index (κ3) is 5.53. The van der Waals surface area contributed by atoms with Crippen LogP contribution in [0.2, 0.25) is 0 Å². The van der Waals surface area contributed by atoms with Crippen molar-refractivity contribution in [2.75, 3.05) is 36.4 Å². The second-order valence-corrected chi connectivity index (χ2v) is 8.82. The molecule has 0 radical (unpaired) electrons. The molecule has 39 heavy (non-hydrogen) atoms. The highest BCUT2D eigenvalue weighted by Gasteiger charge is 2.34. The lowest BCUT2D eigenvalue weighted by Crippen LogP contribution is -2.43. The Morgan fingerprint density at radius 3 is 2.64 bits per heavy atom. The summed E-state index contributed by atoms with van der Waals surface area (Å²) < 4.78 is 56.9. The number of piperazine rings is 1. The summed E-state index contributed by atoms with van der Waals surface area (Å²) in [7, 11) is 0. The van der Waals surface area contributed by atoms with Crippen molar-refractivity contribution in [3.63, 3.8) is 0 Å². The van der Waals surface area contributed by atoms with E-state index in [-0.39, 0.29) is 22.9 Å². The van der Waals surface area contributed by atoms with Crippen LogP contribution in [0.25, 0.3) is 11.0 Å². The molecule has 0 unspecified atom stereocenters. The van der Waals surface area contributed by atoms with E-state index in [1.54, 1.807) is 19.1 Å². The van der Waals surface area contributed by atoms with Crippen LogP contribution < -0.4 is 21.1 Å². The average Bonchev–Trinajstić information content (AvgIpc) is 2.92. The molecule has 0 atom stereocenters. The fourth-order valence-corrected chi connectivity index (χ4v) is 4.44. The first-order valence-electron chi connectivity index (χ1n) is 12.1. The Hall–Kier alpha value is -4.50. The number of anilines is 3. The number of hydrogen-bond donors (Lipinski definition) is 2. The Labute approximate surface area is 220 Å². The predicted octanol–water partition coefficient (Wildman–Crippen LogP) is 3.92. The van der Waals surface area contributed by atoms with Gasteiger partial charge >= 0.3 is 6.18 Å². The van der Waals surface area contributed by atoms with Gasteiger partial charge in [-0.25, -0.2) is 9.37 Å². The van der Waals surface area contributed by atoms with Gasteiger partial charge in [-0.2, -0.15) is 18.2 Å². The average molecular weight is 538 g/mol. The van der Waals surface area contributed by atoms with Gasteiger partial charge in [0.05, 0.1) is 29.1 Å². The van der Waals surface area contributed by atoms with Crippen molar-refractivity contribution in [1.29, 1.82) is 0 Å². The largest absolute Gasteiger partial charge is 0.418 e. The smallest absolute Gasteiger partial charge is 0.367 e. The first-order valence-corrected chi connectivity index (χ1v) is 12.1. The van der Waals surface area contributed by atoms with Gasteiger partial charge in [0, 0.05) is 49.6 Å². The van der Waals surface area contributed by atoms with Crippen LogP contribution in [0, 0.1) is 17.7 Å². The molecule has 0 aliphatic carbocycles. The van der Waals surface area contributed by atoms with Crippen LogP contribution in [0.3, 0.4) is 0 Å². The van der Waals surface area contributed by atoms with Gasteiger partial charge in [0.2, 0.25) is 5.95 Å². The van der Waals surface area contributed by atoms with Crippen LogP contribution >= 0.6 is 0 Å². The molecule has 1 aromatic carbocycles. The Morgan fingerprint density at radius 2 is 1.92 bits per heavy atom. The molecule has 0 spiro atoms. The molecule has 8 nitrogen and oxygen atoms in total. The summed E-state index contributed by atoms with van der Waals surface area (Å²) >= 11 is 0. The molecular formula is C27H23F4N7O. The summed E-state index contributed by atoms with van der Waals surface area (Å²) in [6.07, 6.45) is -2.00. The maximum atomic E-state index is 14.9. The van der Waals surface area contributed by atoms with Crippen LogP contribution in [-0.4, -0.2) is 45.7 Å². The zero-order valence-electron chi connectivity index (χ0n) is 20.8. The fraction of sp³-hybridized carbons (Fsp3) is 0.259. The monoisotopic (exact) mass is 537 g/mol. The van der Waals surface area contributed by atoms with Gasteiger partial charge < -0.3 is 15.5 Å². The zero-order chi connectivity index (χ0) is 27.6. The van der Waals surface area contributed by atoms with Crippen molar-refractivity contribution in [3.05, 3.63) is 81.8 Å². The number of alkyl halides is 3. The van der Waals surface area contributed by atoms with E-state index in [2.05, 4.69) is 37.4 Å². The lowest BCUT2D eigenvalue weighted by molar-refractivity contribution is -0.138. The molecule has 12 heteroatoms. The third-order valence-electron chi connectivity index (χ3n) is 6.25. The van der Waals surface area contributed by atoms with E-state index in [1.165, 1.54) is 30.6 Å². The van der Waals surface area contributed by atoms with Gasteiger partial charge in [0.1, 0.15) is 11.5 Å². The van der Waals surface area contributed by atoms with Crippen LogP contribution in [-0.2, 0) is 12.7 Å². The van der Waals surface area contributed by atoms with Crippen LogP contribution in [0.15, 0.2) is 53.6 Å². The molecule has 4 heterocycles. The third-order valence-corrected chi connectivity index (χ3v) is 6.25. The number of nitrogens with one attached hydrogen (secondary N) is 2. The van der Waals surface area contributed by atoms with Crippen LogP contribution in [0.4, 0.5) is 34.9 Å². The molecule has 0 saturated carbocycles. The molecule has 5 rings (SSSR count). The van der Waals surface area contributed by atoms with E-state index < -0.39 is 29.7 Å². The lowest BCUT2D eigenvalue weighted by Gasteiger charge is -2.29. The van der Waals surface area contributed by atoms with Crippen molar-refractivity contribution in [1.82, 2.24) is 24.8 Å². The number of fused-ring (bicyclic) bond motifs is 1. The zero-order valence-corrected chi connectivity index (χ0v) is 20.8. The molecule has 1 aliphatic rings. The Balaban J connectivity index is 1.54. The summed E-state index contributed by atoms with van der Waals surface area (Å²) in [5, 5.41) is 6.54. The standard InChI is InChI=1S/C27H23F4N7O/c1-2-4-17-13-18-15-34-26(35-19-6-7-23(21(28)14-19)37-11-9-32-10-12-37)36-24(18)38(25(17)39)16-22-20(27(29,30)31)5-3-8-33-22/h3,5-8,13-15,32H,9-12,16H2,1H3,(H,34,35,36). The highest BCUT2D eigenvalue weighted by molar-refractivity contribution is 5.77. The van der Waals surface area contributed by atoms with Crippen LogP contribution in [0.5, 0.6) is 0 Å². The van der Waals surface area contributed by atoms with Gasteiger partial charge in [-0.1, -0.05) is 5.92 Å². The first kappa shape index (κ1) is 26.1. The summed E-state index contributed by atoms with van der Waals surface area (Å²) in [6, 6.07) is 8.25. The minimum absolute atomic E-state index is 0.0383. The van der Waals surface area contributed by atoms with Gasteiger partial charge in [0.25, 0.3) is 5.56 Å². The number of halogens is 4. The van der Waals surface area contributed by atoms with E-state index in [0.717, 1.165) is 23.7 Å². The topological polar surface area (TPSA) is 88.0 Å². The lowest BCUT2D eigenvalue weighted by atomic mass is 10.1. The van der Waals surface area contributed by atoms with Crippen molar-refractivity contribution in [2.45, 2.75) is 19.6 Å². The number of aromatic nitrogens is 4. The SMILES string of the molecule is CC#Cc1cc2cnc(Nc3ccc(N4CCNCC4)c(F)c3)nc2n(Cc2ncccc2C(F)(F)F)c1=O. The Kier molecular flexibility index (Phi) is 7.17. The quantitative estimate of drug-likeness (QED) is 0.295. The molecule has 4 aromatic rings. The molecule has 0 bridgehead atoms. The van der Waals surface area contributed by atoms with Gasteiger partial charge in [-0.3, -0.25) is 14.3 Å². The van der Waals surface area contributed by atoms with E-state index in [4.69, 9.17) is 0 Å². The Bertz CT molecular complexity index is 1650. The van der Waals surface area contributed by atoms with E-state index >= 15 is 0 Å². The number of nitrogens with zero attached hydrogens (tertiary/aromatic N) is 5. The van der Waals surface area contributed by atoms with Gasteiger partial charge in [0.15, 0.2) is 0 Å². The number of rotatable bonds is 5. The van der Waals surface area contributed by atoms with E-state index in [0.29, 0.717) is 29.9 Å². The van der Waals surface area contributed by atoms with Crippen molar-refractivity contribution < 1.29 is 17.6 Å². The molecule has 1 fully saturated rings. The summed E-state index contributed by atoms with van der Waals surface area (Å²) in [5.74, 6) is 4.94. The normalized spacial score (nSPS) is 13.7. The molecule has 1 saturated heterocycles. The molecule has 3 aromatic heterocycles. The highest BCUT2D eigenvalue weighted by atomic mass is 19.4. The molecule has 1 aliphatic heterocycles. The fourth-order valence-electron chi connectivity index (χ4n) is 4.44. The summed E-state index contributed by atoms with van der Waals surface area (Å²) in [4.78, 5) is 27.7. The van der Waals surface area contributed by atoms with Crippen molar-refractivity contribution in [2.24, 2.45) is 0 Å². The van der Waals surface area contributed by atoms with Gasteiger partial charge in [-0.15, -0.1) is 5.92 Å². The van der Waals surface area contributed by atoms with Crippen molar-refractivity contribution in [3.8, 4) is 11.8 Å². The highest BCUT2D eigenvalue weighted by Crippen LogP contribution is 2.31. The molecule has 200 valence electrons. The van der Waals surface area contributed by atoms with E-state index in [1.807, 2.05) is 4.90 Å². The van der Waals surface area contributed by atoms with Gasteiger partial charge in [-0.05, 0) is 43.3 Å². The minimum Gasteiger partial charge on any atom is -0.367 e. The number of benzene rings is 1. The van der Waals surface area contributed by atoms with Crippen LogP contribution in [0.1, 0.15) is 23.7 Å². The van der Waals surface area contributed by atoms with E-state index in [9.17, 15) is 22.4 Å². The maximum Gasteiger partial charge on any atom is 0.418 e. The predicted molar refractivity (Wildman–Crippen MR) is 139 cm³/mol.